The Morgan fingerprint density at radius 3 is 2.78 bits per heavy atom. The first-order chi connectivity index (χ1) is 8.79. The molecule has 1 aromatic rings. The minimum Gasteiger partial charge on any atom is -0.499 e. The van der Waals surface area contributed by atoms with Crippen LogP contribution in [0, 0.1) is 0 Å². The first-order valence-corrected chi connectivity index (χ1v) is 5.65. The Morgan fingerprint density at radius 1 is 1.28 bits per heavy atom. The van der Waals surface area contributed by atoms with E-state index in [1.54, 1.807) is 6.08 Å². The molecule has 0 N–H and O–H groups in total. The molecule has 0 aromatic heterocycles. The number of ether oxygens (including phenoxy) is 2. The van der Waals surface area contributed by atoms with E-state index in [0.717, 1.165) is 5.56 Å². The van der Waals surface area contributed by atoms with Gasteiger partial charge in [0, 0.05) is 6.08 Å². The lowest BCUT2D eigenvalue weighted by Gasteiger charge is -1.93. The van der Waals surface area contributed by atoms with Gasteiger partial charge in [0.15, 0.2) is 5.70 Å². The van der Waals surface area contributed by atoms with Gasteiger partial charge in [0.25, 0.3) is 0 Å². The summed E-state index contributed by atoms with van der Waals surface area (Å²) >= 11 is 0. The normalized spacial score (nSPS) is 17.1. The van der Waals surface area contributed by atoms with Crippen molar-refractivity contribution in [3.63, 3.8) is 0 Å². The molecule has 92 valence electrons. The van der Waals surface area contributed by atoms with Gasteiger partial charge in [-0.15, -0.1) is 0 Å². The number of carbonyl (C=O) groups is 1. The first-order valence-electron chi connectivity index (χ1n) is 5.65. The molecule has 0 aliphatic carbocycles. The van der Waals surface area contributed by atoms with Crippen molar-refractivity contribution in [1.29, 1.82) is 0 Å². The van der Waals surface area contributed by atoms with Crippen LogP contribution in [0.1, 0.15) is 12.5 Å². The Hall–Kier alpha value is -2.36. The van der Waals surface area contributed by atoms with Gasteiger partial charge in [-0.25, -0.2) is 9.79 Å². The SMILES string of the molecule is CCOC=C1N=C(/C=C/c2ccccc2)OC1=O. The van der Waals surface area contributed by atoms with E-state index in [9.17, 15) is 4.79 Å². The van der Waals surface area contributed by atoms with Crippen molar-refractivity contribution in [2.75, 3.05) is 6.61 Å². The lowest BCUT2D eigenvalue weighted by atomic mass is 10.2. The number of carbonyl (C=O) groups excluding carboxylic acids is 1. The average Bonchev–Trinajstić information content (AvgIpc) is 2.76. The maximum Gasteiger partial charge on any atom is 0.367 e. The summed E-state index contributed by atoms with van der Waals surface area (Å²) in [5, 5.41) is 0. The Balaban J connectivity index is 2.07. The number of benzene rings is 1. The number of esters is 1. The fourth-order valence-corrected chi connectivity index (χ4v) is 1.37. The molecule has 1 aliphatic rings. The molecule has 0 atom stereocenters. The van der Waals surface area contributed by atoms with E-state index in [4.69, 9.17) is 9.47 Å². The van der Waals surface area contributed by atoms with Crippen molar-refractivity contribution in [3.05, 3.63) is 53.9 Å². The average molecular weight is 243 g/mol. The highest BCUT2D eigenvalue weighted by Gasteiger charge is 2.21. The Kier molecular flexibility index (Phi) is 3.91. The maximum atomic E-state index is 11.4. The molecule has 1 heterocycles. The molecule has 18 heavy (non-hydrogen) atoms. The van der Waals surface area contributed by atoms with Crippen molar-refractivity contribution in [2.24, 2.45) is 4.99 Å². The molecule has 1 aliphatic heterocycles. The zero-order valence-corrected chi connectivity index (χ0v) is 10.00. The van der Waals surface area contributed by atoms with Crippen molar-refractivity contribution in [1.82, 2.24) is 0 Å². The second-order valence-corrected chi connectivity index (χ2v) is 3.54. The second-order valence-electron chi connectivity index (χ2n) is 3.54. The predicted octanol–water partition coefficient (Wildman–Crippen LogP) is 2.53. The van der Waals surface area contributed by atoms with Crippen LogP contribution in [0.25, 0.3) is 6.08 Å². The molecule has 2 rings (SSSR count). The molecule has 0 fully saturated rings. The summed E-state index contributed by atoms with van der Waals surface area (Å²) in [6, 6.07) is 9.70. The molecule has 0 unspecified atom stereocenters. The van der Waals surface area contributed by atoms with Gasteiger partial charge >= 0.3 is 5.97 Å². The number of nitrogens with zero attached hydrogens (tertiary/aromatic N) is 1. The summed E-state index contributed by atoms with van der Waals surface area (Å²) in [7, 11) is 0. The number of cyclic esters (lactones) is 1. The largest absolute Gasteiger partial charge is 0.499 e. The third kappa shape index (κ3) is 3.07. The highest BCUT2D eigenvalue weighted by atomic mass is 16.6. The summed E-state index contributed by atoms with van der Waals surface area (Å²) in [5.74, 6) is -0.217. The number of hydrogen-bond acceptors (Lipinski definition) is 4. The van der Waals surface area contributed by atoms with Crippen LogP contribution in [0.4, 0.5) is 0 Å². The van der Waals surface area contributed by atoms with E-state index in [0.29, 0.717) is 6.61 Å². The van der Waals surface area contributed by atoms with Crippen molar-refractivity contribution in [3.8, 4) is 0 Å². The van der Waals surface area contributed by atoms with Crippen molar-refractivity contribution in [2.45, 2.75) is 6.92 Å². The van der Waals surface area contributed by atoms with E-state index in [2.05, 4.69) is 4.99 Å². The van der Waals surface area contributed by atoms with Crippen LogP contribution in [0.2, 0.25) is 0 Å². The van der Waals surface area contributed by atoms with Crippen molar-refractivity contribution < 1.29 is 14.3 Å². The molecule has 0 spiro atoms. The van der Waals surface area contributed by atoms with Gasteiger partial charge in [0.2, 0.25) is 5.90 Å². The van der Waals surface area contributed by atoms with Crippen LogP contribution in [0.3, 0.4) is 0 Å². The lowest BCUT2D eigenvalue weighted by Crippen LogP contribution is -2.01. The van der Waals surface area contributed by atoms with Gasteiger partial charge in [-0.05, 0) is 18.6 Å². The van der Waals surface area contributed by atoms with E-state index < -0.39 is 5.97 Å². The number of rotatable bonds is 4. The molecular weight excluding hydrogens is 230 g/mol. The van der Waals surface area contributed by atoms with Gasteiger partial charge < -0.3 is 9.47 Å². The van der Waals surface area contributed by atoms with Gasteiger partial charge in [-0.1, -0.05) is 30.3 Å². The van der Waals surface area contributed by atoms with E-state index in [-0.39, 0.29) is 11.6 Å². The molecule has 4 heteroatoms. The van der Waals surface area contributed by atoms with Crippen LogP contribution in [0.5, 0.6) is 0 Å². The molecule has 0 saturated heterocycles. The number of hydrogen-bond donors (Lipinski definition) is 0. The maximum absolute atomic E-state index is 11.4. The quantitative estimate of drug-likeness (QED) is 0.464. The third-order valence-corrected chi connectivity index (χ3v) is 2.22. The third-order valence-electron chi connectivity index (χ3n) is 2.22. The van der Waals surface area contributed by atoms with Crippen molar-refractivity contribution >= 4 is 17.9 Å². The number of aliphatic imine (C=N–C) groups is 1. The topological polar surface area (TPSA) is 47.9 Å². The van der Waals surface area contributed by atoms with Gasteiger partial charge in [-0.2, -0.15) is 0 Å². The van der Waals surface area contributed by atoms with E-state index in [1.807, 2.05) is 43.3 Å². The summed E-state index contributed by atoms with van der Waals surface area (Å²) in [5.41, 5.74) is 1.20. The van der Waals surface area contributed by atoms with Gasteiger partial charge in [-0.3, -0.25) is 0 Å². The standard InChI is InChI=1S/C14H13NO3/c1-2-17-10-12-14(16)18-13(15-12)9-8-11-6-4-3-5-7-11/h3-10H,2H2,1H3/b9-8+,12-10?. The summed E-state index contributed by atoms with van der Waals surface area (Å²) in [6.45, 7) is 2.32. The fourth-order valence-electron chi connectivity index (χ4n) is 1.37. The van der Waals surface area contributed by atoms with Crippen LogP contribution in [-0.4, -0.2) is 18.5 Å². The molecule has 4 nitrogen and oxygen atoms in total. The summed E-state index contributed by atoms with van der Waals surface area (Å²) in [4.78, 5) is 15.4. The van der Waals surface area contributed by atoms with Gasteiger partial charge in [0.1, 0.15) is 6.26 Å². The minimum absolute atomic E-state index is 0.185. The summed E-state index contributed by atoms with van der Waals surface area (Å²) < 4.78 is 9.97. The Bertz CT molecular complexity index is 515. The molecule has 1 aromatic carbocycles. The molecule has 0 bridgehead atoms. The monoisotopic (exact) mass is 243 g/mol. The zero-order chi connectivity index (χ0) is 12.8. The highest BCUT2D eigenvalue weighted by Crippen LogP contribution is 2.12. The minimum atomic E-state index is -0.490. The van der Waals surface area contributed by atoms with E-state index >= 15 is 0 Å². The van der Waals surface area contributed by atoms with Crippen LogP contribution in [0.15, 0.2) is 53.4 Å². The molecule has 0 radical (unpaired) electrons. The smallest absolute Gasteiger partial charge is 0.367 e. The van der Waals surface area contributed by atoms with Gasteiger partial charge in [0.05, 0.1) is 6.61 Å². The predicted molar refractivity (Wildman–Crippen MR) is 68.7 cm³/mol. The fraction of sp³-hybridized carbons (Fsp3) is 0.143. The molecular formula is C14H13NO3. The second kappa shape index (κ2) is 5.82. The van der Waals surface area contributed by atoms with E-state index in [1.165, 1.54) is 6.26 Å². The first kappa shape index (κ1) is 12.1. The van der Waals surface area contributed by atoms with Crippen LogP contribution >= 0.6 is 0 Å². The summed E-state index contributed by atoms with van der Waals surface area (Å²) in [6.07, 6.45) is 4.79. The van der Waals surface area contributed by atoms with Crippen LogP contribution < -0.4 is 0 Å². The highest BCUT2D eigenvalue weighted by molar-refractivity contribution is 6.09. The Labute approximate surface area is 105 Å². The zero-order valence-electron chi connectivity index (χ0n) is 10.00. The Morgan fingerprint density at radius 2 is 2.06 bits per heavy atom. The molecule has 0 saturated carbocycles. The van der Waals surface area contributed by atoms with Crippen LogP contribution in [-0.2, 0) is 14.3 Å². The molecule has 0 amide bonds. The lowest BCUT2D eigenvalue weighted by molar-refractivity contribution is -0.130.